The zero-order valence-electron chi connectivity index (χ0n) is 9.77. The predicted molar refractivity (Wildman–Crippen MR) is 35.5 cm³/mol. The molecule has 3 atom stereocenters. The zero-order chi connectivity index (χ0) is 11.5. The number of carbonyl (C=O) groups is 1. The molecule has 0 aromatic heterocycles. The Hall–Kier alpha value is 2.50. The monoisotopic (exact) mass is 296 g/mol. The van der Waals surface area contributed by atoms with Crippen molar-refractivity contribution in [1.82, 2.24) is 0 Å². The number of aliphatic hydroxyl groups is 3. The third-order valence-corrected chi connectivity index (χ3v) is 2.19. The molecule has 0 bridgehead atoms. The standard InChI is InChI=1S/C5H11O8P.3Na/c6-2(1-14(11,12)13)3(7)4(8)5(9)10;;;/h2-4,6-8H,1H2,(H,9,10)(H2,11,12,13);;;/q;3*+1/p-3/t2-,3-,4+;;;/m1.../s1. The fourth-order valence-corrected chi connectivity index (χ4v) is 1.36. The Morgan fingerprint density at radius 2 is 1.47 bits per heavy atom. The average molecular weight is 296 g/mol. The van der Waals surface area contributed by atoms with Gasteiger partial charge in [0.1, 0.15) is 12.2 Å². The van der Waals surface area contributed by atoms with Crippen LogP contribution in [0.3, 0.4) is 0 Å². The topological polar surface area (TPSA) is 164 Å². The minimum Gasteiger partial charge on any atom is -0.811 e. The molecular formula is C5H8Na3O8P. The molecule has 0 fully saturated rings. The fraction of sp³-hybridized carbons (Fsp3) is 0.800. The maximum absolute atomic E-state index is 10.1. The van der Waals surface area contributed by atoms with Gasteiger partial charge in [-0.2, -0.15) is 0 Å². The van der Waals surface area contributed by atoms with E-state index in [2.05, 4.69) is 0 Å². The normalized spacial score (nSPS) is 15.4. The third kappa shape index (κ3) is 13.2. The second-order valence-electron chi connectivity index (χ2n) is 2.62. The fourth-order valence-electron chi connectivity index (χ4n) is 0.687. The molecule has 3 N–H and O–H groups in total. The van der Waals surface area contributed by atoms with E-state index in [0.29, 0.717) is 0 Å². The van der Waals surface area contributed by atoms with E-state index in [0.717, 1.165) is 0 Å². The van der Waals surface area contributed by atoms with E-state index in [-0.39, 0.29) is 88.7 Å². The molecule has 84 valence electrons. The Kier molecular flexibility index (Phi) is 20.0. The van der Waals surface area contributed by atoms with Gasteiger partial charge in [0, 0.05) is 6.16 Å². The van der Waals surface area contributed by atoms with E-state index >= 15 is 0 Å². The molecule has 0 heterocycles. The van der Waals surface area contributed by atoms with E-state index < -0.39 is 38.0 Å². The van der Waals surface area contributed by atoms with Crippen molar-refractivity contribution in [2.24, 2.45) is 0 Å². The molecule has 0 aromatic rings. The minimum atomic E-state index is -5.08. The Balaban J connectivity index is -0.000000282. The molecule has 0 spiro atoms. The van der Waals surface area contributed by atoms with Gasteiger partial charge in [-0.1, -0.05) is 7.60 Å². The van der Waals surface area contributed by atoms with Gasteiger partial charge in [0.05, 0.1) is 12.1 Å². The molecule has 0 amide bonds. The van der Waals surface area contributed by atoms with E-state index in [4.69, 9.17) is 15.3 Å². The molecule has 0 aromatic carbocycles. The first-order valence-corrected chi connectivity index (χ1v) is 5.14. The number of rotatable bonds is 5. The summed E-state index contributed by atoms with van der Waals surface area (Å²) in [4.78, 5) is 30.1. The van der Waals surface area contributed by atoms with Crippen LogP contribution in [0.5, 0.6) is 0 Å². The number of carboxylic acid groups (broad SMARTS) is 1. The van der Waals surface area contributed by atoms with Crippen LogP contribution in [0.1, 0.15) is 0 Å². The molecule has 12 heteroatoms. The number of hydrogen-bond donors (Lipinski definition) is 3. The van der Waals surface area contributed by atoms with Gasteiger partial charge >= 0.3 is 88.7 Å². The van der Waals surface area contributed by atoms with Gasteiger partial charge in [-0.3, -0.25) is 0 Å². The number of aliphatic hydroxyl groups excluding tert-OH is 3. The molecular weight excluding hydrogens is 288 g/mol. The van der Waals surface area contributed by atoms with E-state index in [1.807, 2.05) is 0 Å². The van der Waals surface area contributed by atoms with Crippen LogP contribution in [0.2, 0.25) is 0 Å². The van der Waals surface area contributed by atoms with Gasteiger partial charge < -0.3 is 39.6 Å². The summed E-state index contributed by atoms with van der Waals surface area (Å²) >= 11 is 0. The molecule has 8 nitrogen and oxygen atoms in total. The van der Waals surface area contributed by atoms with Crippen LogP contribution in [-0.4, -0.2) is 45.8 Å². The van der Waals surface area contributed by atoms with Crippen LogP contribution in [0.15, 0.2) is 0 Å². The SMILES string of the molecule is O=C([O-])[C@@H](O)[C@H](O)[C@H](O)CP(=O)([O-])[O-].[Na+].[Na+].[Na+]. The Morgan fingerprint density at radius 1 is 1.12 bits per heavy atom. The average Bonchev–Trinajstić information content (AvgIpc) is 1.98. The summed E-state index contributed by atoms with van der Waals surface area (Å²) in [5.74, 6) is -2.08. The molecule has 0 unspecified atom stereocenters. The van der Waals surface area contributed by atoms with Crippen molar-refractivity contribution < 1.29 is 128 Å². The second-order valence-corrected chi connectivity index (χ2v) is 4.20. The Bertz CT molecular complexity index is 258. The van der Waals surface area contributed by atoms with Gasteiger partial charge in [0.2, 0.25) is 0 Å². The van der Waals surface area contributed by atoms with Crippen molar-refractivity contribution in [1.29, 1.82) is 0 Å². The van der Waals surface area contributed by atoms with Crippen LogP contribution in [0.4, 0.5) is 0 Å². The first-order chi connectivity index (χ1) is 6.15. The number of carbonyl (C=O) groups excluding carboxylic acids is 1. The first-order valence-electron chi connectivity index (χ1n) is 3.41. The van der Waals surface area contributed by atoms with E-state index in [9.17, 15) is 24.3 Å². The molecule has 0 aliphatic carbocycles. The molecule has 17 heavy (non-hydrogen) atoms. The maximum atomic E-state index is 10.1. The summed E-state index contributed by atoms with van der Waals surface area (Å²) in [5.41, 5.74) is 0. The van der Waals surface area contributed by atoms with E-state index in [1.165, 1.54) is 0 Å². The van der Waals surface area contributed by atoms with Gasteiger partial charge in [-0.15, -0.1) is 0 Å². The third-order valence-electron chi connectivity index (χ3n) is 1.37. The predicted octanol–water partition coefficient (Wildman–Crippen LogP) is -14.3. The van der Waals surface area contributed by atoms with Gasteiger partial charge in [0.15, 0.2) is 0 Å². The van der Waals surface area contributed by atoms with Crippen LogP contribution in [0, 0.1) is 0 Å². The summed E-state index contributed by atoms with van der Waals surface area (Å²) in [7, 11) is -5.08. The van der Waals surface area contributed by atoms with Crippen molar-refractivity contribution in [3.8, 4) is 0 Å². The molecule has 0 radical (unpaired) electrons. The first kappa shape index (κ1) is 27.8. The van der Waals surface area contributed by atoms with Crippen LogP contribution in [0.25, 0.3) is 0 Å². The summed E-state index contributed by atoms with van der Waals surface area (Å²) in [5, 5.41) is 36.1. The Morgan fingerprint density at radius 3 is 1.71 bits per heavy atom. The van der Waals surface area contributed by atoms with Crippen LogP contribution in [-0.2, 0) is 9.36 Å². The number of aliphatic carboxylic acids is 1. The number of hydrogen-bond acceptors (Lipinski definition) is 8. The van der Waals surface area contributed by atoms with Crippen molar-refractivity contribution in [2.45, 2.75) is 18.3 Å². The van der Waals surface area contributed by atoms with Crippen LogP contribution >= 0.6 is 7.60 Å². The van der Waals surface area contributed by atoms with Crippen molar-refractivity contribution in [3.63, 3.8) is 0 Å². The Labute approximate surface area is 164 Å². The summed E-state index contributed by atoms with van der Waals surface area (Å²) in [6, 6.07) is 0. The largest absolute Gasteiger partial charge is 1.00 e. The van der Waals surface area contributed by atoms with Gasteiger partial charge in [0.25, 0.3) is 0 Å². The summed E-state index contributed by atoms with van der Waals surface area (Å²) in [6.07, 6.45) is -8.25. The van der Waals surface area contributed by atoms with Crippen molar-refractivity contribution in [2.75, 3.05) is 6.16 Å². The van der Waals surface area contributed by atoms with Gasteiger partial charge in [-0.05, 0) is 0 Å². The molecule has 0 saturated heterocycles. The number of carboxylic acids is 1. The molecule has 0 saturated carbocycles. The van der Waals surface area contributed by atoms with Gasteiger partial charge in [-0.25, -0.2) is 0 Å². The maximum Gasteiger partial charge on any atom is 1.00 e. The summed E-state index contributed by atoms with van der Waals surface area (Å²) in [6.45, 7) is 0. The molecule has 0 rings (SSSR count). The van der Waals surface area contributed by atoms with Crippen LogP contribution < -0.4 is 104 Å². The zero-order valence-corrected chi connectivity index (χ0v) is 16.7. The molecule has 0 aliphatic heterocycles. The quantitative estimate of drug-likeness (QED) is 0.332. The van der Waals surface area contributed by atoms with E-state index in [1.54, 1.807) is 0 Å². The second kappa shape index (κ2) is 12.3. The smallest absolute Gasteiger partial charge is 0.811 e. The summed E-state index contributed by atoms with van der Waals surface area (Å²) < 4.78 is 10.1. The van der Waals surface area contributed by atoms with Crippen molar-refractivity contribution >= 4 is 13.6 Å². The molecule has 0 aliphatic rings. The van der Waals surface area contributed by atoms with Crippen molar-refractivity contribution in [3.05, 3.63) is 0 Å². The minimum absolute atomic E-state index is 0.